The van der Waals surface area contributed by atoms with E-state index in [1.54, 1.807) is 13.8 Å². The van der Waals surface area contributed by atoms with Crippen LogP contribution in [0.25, 0.3) is 0 Å². The zero-order valence-corrected chi connectivity index (χ0v) is 18.2. The van der Waals surface area contributed by atoms with E-state index in [4.69, 9.17) is 9.47 Å². The maximum absolute atomic E-state index is 12.8. The summed E-state index contributed by atoms with van der Waals surface area (Å²) in [5, 5.41) is 11.0. The fraction of sp³-hybridized carbons (Fsp3) is 0.609. The second kappa shape index (κ2) is 8.66. The van der Waals surface area contributed by atoms with Crippen molar-refractivity contribution in [3.63, 3.8) is 0 Å². The maximum atomic E-state index is 12.8. The number of esters is 2. The number of carbonyl (C=O) groups is 3. The first-order chi connectivity index (χ1) is 13.4. The number of Topliss-reactive ketones (excluding diaryl/α,β-unsaturated/α-hetero) is 1. The molecule has 1 aliphatic carbocycles. The second-order valence-corrected chi connectivity index (χ2v) is 8.86. The monoisotopic (exact) mass is 404 g/mol. The lowest BCUT2D eigenvalue weighted by Gasteiger charge is -2.43. The van der Waals surface area contributed by atoms with Crippen molar-refractivity contribution in [1.82, 2.24) is 0 Å². The molecule has 0 saturated heterocycles. The third-order valence-corrected chi connectivity index (χ3v) is 5.51. The molecule has 2 rings (SSSR count). The first kappa shape index (κ1) is 23.1. The van der Waals surface area contributed by atoms with Crippen molar-refractivity contribution in [3.8, 4) is 0 Å². The fourth-order valence-electron chi connectivity index (χ4n) is 4.09. The molecule has 1 saturated carbocycles. The zero-order chi connectivity index (χ0) is 22.0. The largest absolute Gasteiger partial charge is 0.466 e. The van der Waals surface area contributed by atoms with E-state index in [0.717, 1.165) is 5.56 Å². The molecule has 0 bridgehead atoms. The molecule has 0 radical (unpaired) electrons. The van der Waals surface area contributed by atoms with Crippen molar-refractivity contribution >= 4 is 17.7 Å². The second-order valence-electron chi connectivity index (χ2n) is 8.86. The molecule has 1 fully saturated rings. The third kappa shape index (κ3) is 4.86. The van der Waals surface area contributed by atoms with Crippen molar-refractivity contribution < 1.29 is 29.0 Å². The Morgan fingerprint density at radius 2 is 1.59 bits per heavy atom. The Kier molecular flexibility index (Phi) is 6.89. The van der Waals surface area contributed by atoms with E-state index in [9.17, 15) is 19.5 Å². The molecule has 0 unspecified atom stereocenters. The minimum Gasteiger partial charge on any atom is -0.466 e. The lowest BCUT2D eigenvalue weighted by molar-refractivity contribution is -0.172. The summed E-state index contributed by atoms with van der Waals surface area (Å²) in [7, 11) is 0. The lowest BCUT2D eigenvalue weighted by Crippen LogP contribution is -2.55. The number of aliphatic hydroxyl groups is 1. The van der Waals surface area contributed by atoms with Crippen LogP contribution >= 0.6 is 0 Å². The van der Waals surface area contributed by atoms with E-state index in [0.29, 0.717) is 5.56 Å². The molecule has 1 aromatic rings. The van der Waals surface area contributed by atoms with E-state index < -0.39 is 41.1 Å². The number of benzene rings is 1. The normalized spacial score (nSPS) is 27.4. The number of carbonyl (C=O) groups excluding carboxylic acids is 3. The Balaban J connectivity index is 2.61. The minimum atomic E-state index is -1.63. The first-order valence-electron chi connectivity index (χ1n) is 10.1. The molecule has 1 N–H and O–H groups in total. The summed E-state index contributed by atoms with van der Waals surface area (Å²) in [4.78, 5) is 38.3. The summed E-state index contributed by atoms with van der Waals surface area (Å²) in [5.74, 6) is -4.81. The van der Waals surface area contributed by atoms with Crippen LogP contribution in [0, 0.1) is 11.8 Å². The smallest absolute Gasteiger partial charge is 0.317 e. The summed E-state index contributed by atoms with van der Waals surface area (Å²) < 4.78 is 10.4. The highest BCUT2D eigenvalue weighted by Crippen LogP contribution is 2.47. The number of rotatable bonds is 5. The van der Waals surface area contributed by atoms with Gasteiger partial charge in [-0.2, -0.15) is 0 Å². The van der Waals surface area contributed by atoms with Crippen LogP contribution in [0.5, 0.6) is 0 Å². The van der Waals surface area contributed by atoms with Gasteiger partial charge >= 0.3 is 11.9 Å². The highest BCUT2D eigenvalue weighted by Gasteiger charge is 2.57. The van der Waals surface area contributed by atoms with Gasteiger partial charge in [0.25, 0.3) is 0 Å². The van der Waals surface area contributed by atoms with Crippen molar-refractivity contribution in [3.05, 3.63) is 35.4 Å². The van der Waals surface area contributed by atoms with Crippen LogP contribution in [-0.4, -0.2) is 41.6 Å². The van der Waals surface area contributed by atoms with Gasteiger partial charge in [0.1, 0.15) is 5.92 Å². The lowest BCUT2D eigenvalue weighted by atomic mass is 9.61. The predicted octanol–water partition coefficient (Wildman–Crippen LogP) is 3.15. The summed E-state index contributed by atoms with van der Waals surface area (Å²) in [6.07, 6.45) is -0.309. The van der Waals surface area contributed by atoms with Crippen LogP contribution in [0.3, 0.4) is 0 Å². The van der Waals surface area contributed by atoms with Crippen LogP contribution < -0.4 is 0 Å². The van der Waals surface area contributed by atoms with Gasteiger partial charge in [-0.25, -0.2) is 0 Å². The molecule has 6 heteroatoms. The molecular formula is C23H32O6. The van der Waals surface area contributed by atoms with Crippen LogP contribution in [-0.2, 0) is 29.3 Å². The number of ether oxygens (including phenoxy) is 2. The number of hydrogen-bond acceptors (Lipinski definition) is 6. The molecule has 29 heavy (non-hydrogen) atoms. The van der Waals surface area contributed by atoms with E-state index in [2.05, 4.69) is 20.8 Å². The fourth-order valence-corrected chi connectivity index (χ4v) is 4.09. The summed E-state index contributed by atoms with van der Waals surface area (Å²) in [6, 6.07) is 7.48. The molecule has 6 nitrogen and oxygen atoms in total. The highest BCUT2D eigenvalue weighted by atomic mass is 16.5. The topological polar surface area (TPSA) is 89.9 Å². The van der Waals surface area contributed by atoms with Gasteiger partial charge in [0.05, 0.1) is 24.7 Å². The van der Waals surface area contributed by atoms with Gasteiger partial charge in [-0.15, -0.1) is 0 Å². The Labute approximate surface area is 172 Å². The standard InChI is InChI=1S/C23H32O6/c1-7-28-20(25)18-16(24)13-23(6,27)19(21(26)29-8-2)17(18)14-9-11-15(12-10-14)22(3,4)5/h9-12,17-19,27H,7-8,13H2,1-6H3/t17-,18-,19-,23+/m1/s1. The Hall–Kier alpha value is -2.21. The first-order valence-corrected chi connectivity index (χ1v) is 10.1. The average Bonchev–Trinajstić information content (AvgIpc) is 2.59. The van der Waals surface area contributed by atoms with Crippen molar-refractivity contribution in [2.45, 2.75) is 64.9 Å². The quantitative estimate of drug-likeness (QED) is 0.599. The summed E-state index contributed by atoms with van der Waals surface area (Å²) in [6.45, 7) is 11.3. The molecule has 4 atom stereocenters. The number of hydrogen-bond donors (Lipinski definition) is 1. The Morgan fingerprint density at radius 1 is 1.07 bits per heavy atom. The van der Waals surface area contributed by atoms with Crippen molar-refractivity contribution in [2.24, 2.45) is 11.8 Å². The van der Waals surface area contributed by atoms with Gasteiger partial charge in [0.2, 0.25) is 0 Å². The molecule has 0 amide bonds. The van der Waals surface area contributed by atoms with Crippen molar-refractivity contribution in [1.29, 1.82) is 0 Å². The van der Waals surface area contributed by atoms with E-state index in [1.807, 2.05) is 24.3 Å². The summed E-state index contributed by atoms with van der Waals surface area (Å²) in [5.41, 5.74) is 0.00523. The van der Waals surface area contributed by atoms with Gasteiger partial charge in [0, 0.05) is 12.3 Å². The van der Waals surface area contributed by atoms with Gasteiger partial charge in [-0.05, 0) is 37.3 Å². The van der Waals surface area contributed by atoms with E-state index >= 15 is 0 Å². The summed E-state index contributed by atoms with van der Waals surface area (Å²) >= 11 is 0. The van der Waals surface area contributed by atoms with E-state index in [1.165, 1.54) is 6.92 Å². The third-order valence-electron chi connectivity index (χ3n) is 5.51. The van der Waals surface area contributed by atoms with Gasteiger partial charge < -0.3 is 14.6 Å². The Morgan fingerprint density at radius 3 is 2.07 bits per heavy atom. The zero-order valence-electron chi connectivity index (χ0n) is 18.2. The minimum absolute atomic E-state index is 0.0759. The van der Waals surface area contributed by atoms with Gasteiger partial charge in [0.15, 0.2) is 5.78 Å². The van der Waals surface area contributed by atoms with Gasteiger partial charge in [-0.3, -0.25) is 14.4 Å². The molecule has 1 aromatic carbocycles. The van der Waals surface area contributed by atoms with Crippen LogP contribution in [0.15, 0.2) is 24.3 Å². The van der Waals surface area contributed by atoms with Crippen LogP contribution in [0.1, 0.15) is 65.0 Å². The molecule has 1 aliphatic rings. The average molecular weight is 405 g/mol. The predicted molar refractivity (Wildman–Crippen MR) is 108 cm³/mol. The molecule has 0 spiro atoms. The highest BCUT2D eigenvalue weighted by molar-refractivity contribution is 6.02. The van der Waals surface area contributed by atoms with Crippen molar-refractivity contribution in [2.75, 3.05) is 13.2 Å². The maximum Gasteiger partial charge on any atom is 0.317 e. The SMILES string of the molecule is CCOC(=O)[C@@H]1C(=O)C[C@](C)(O)[C@@H](C(=O)OCC)[C@@H]1c1ccc(C(C)(C)C)cc1. The van der Waals surface area contributed by atoms with Crippen LogP contribution in [0.4, 0.5) is 0 Å². The number of ketones is 1. The molecular weight excluding hydrogens is 372 g/mol. The molecule has 160 valence electrons. The van der Waals surface area contributed by atoms with Crippen LogP contribution in [0.2, 0.25) is 0 Å². The molecule has 0 heterocycles. The molecule has 0 aliphatic heterocycles. The Bertz CT molecular complexity index is 757. The van der Waals surface area contributed by atoms with E-state index in [-0.39, 0.29) is 25.0 Å². The molecule has 0 aromatic heterocycles. The van der Waals surface area contributed by atoms with Gasteiger partial charge in [-0.1, -0.05) is 45.0 Å².